The summed E-state index contributed by atoms with van der Waals surface area (Å²) in [4.78, 5) is 24.2. The van der Waals surface area contributed by atoms with Gasteiger partial charge in [0.2, 0.25) is 0 Å². The summed E-state index contributed by atoms with van der Waals surface area (Å²) in [6.07, 6.45) is 7.91. The Morgan fingerprint density at radius 3 is 1.41 bits per heavy atom. The smallest absolute Gasteiger partial charge is 0.311 e. The van der Waals surface area contributed by atoms with Crippen LogP contribution in [0.5, 0.6) is 11.5 Å². The highest BCUT2D eigenvalue weighted by atomic mass is 16.5. The van der Waals surface area contributed by atoms with Crippen LogP contribution in [0, 0.1) is 0 Å². The van der Waals surface area contributed by atoms with E-state index >= 15 is 0 Å². The molecule has 0 unspecified atom stereocenters. The lowest BCUT2D eigenvalue weighted by atomic mass is 10.1. The monoisotopic (exact) mass is 452 g/mol. The van der Waals surface area contributed by atoms with Gasteiger partial charge >= 0.3 is 11.9 Å². The molecule has 4 aromatic carbocycles. The molecule has 0 aromatic heterocycles. The molecule has 4 rings (SSSR count). The third kappa shape index (κ3) is 6.79. The van der Waals surface area contributed by atoms with Crippen LogP contribution in [0.15, 0.2) is 97.1 Å². The Labute approximate surface area is 199 Å². The topological polar surface area (TPSA) is 52.6 Å². The van der Waals surface area contributed by atoms with Crippen molar-refractivity contribution in [3.8, 4) is 11.5 Å². The van der Waals surface area contributed by atoms with E-state index < -0.39 is 0 Å². The Kier molecular flexibility index (Phi) is 8.07. The summed E-state index contributed by atoms with van der Waals surface area (Å²) >= 11 is 0. The molecule has 0 aliphatic carbocycles. The zero-order chi connectivity index (χ0) is 23.6. The molecule has 0 radical (unpaired) electrons. The third-order valence-corrected chi connectivity index (χ3v) is 5.58. The van der Waals surface area contributed by atoms with Gasteiger partial charge in [0.05, 0.1) is 0 Å². The van der Waals surface area contributed by atoms with Gasteiger partial charge < -0.3 is 9.47 Å². The van der Waals surface area contributed by atoms with Crippen molar-refractivity contribution in [2.45, 2.75) is 38.5 Å². The van der Waals surface area contributed by atoms with Gasteiger partial charge in [-0.05, 0) is 71.5 Å². The van der Waals surface area contributed by atoms with E-state index in [0.29, 0.717) is 24.3 Å². The van der Waals surface area contributed by atoms with Crippen molar-refractivity contribution >= 4 is 33.5 Å². The van der Waals surface area contributed by atoms with Gasteiger partial charge in [-0.2, -0.15) is 0 Å². The lowest BCUT2D eigenvalue weighted by molar-refractivity contribution is -0.135. The summed E-state index contributed by atoms with van der Waals surface area (Å²) in [5.41, 5.74) is 0. The number of ether oxygens (including phenoxy) is 2. The number of carbonyl (C=O) groups is 2. The van der Waals surface area contributed by atoms with Crippen LogP contribution in [-0.2, 0) is 9.59 Å². The maximum Gasteiger partial charge on any atom is 0.311 e. The number of rotatable bonds is 10. The fourth-order valence-electron chi connectivity index (χ4n) is 3.79. The van der Waals surface area contributed by atoms with Gasteiger partial charge in [0, 0.05) is 12.8 Å². The van der Waals surface area contributed by atoms with Crippen LogP contribution in [0.4, 0.5) is 0 Å². The number of benzene rings is 4. The number of esters is 2. The van der Waals surface area contributed by atoms with Gasteiger partial charge in [-0.15, -0.1) is 0 Å². The molecule has 0 saturated carbocycles. The summed E-state index contributed by atoms with van der Waals surface area (Å²) in [7, 11) is 0. The molecular weight excluding hydrogens is 424 g/mol. The first-order valence-electron chi connectivity index (χ1n) is 11.7. The highest BCUT2D eigenvalue weighted by molar-refractivity contribution is 5.85. The van der Waals surface area contributed by atoms with Crippen LogP contribution in [0.3, 0.4) is 0 Å². The summed E-state index contributed by atoms with van der Waals surface area (Å²) in [6.45, 7) is 0. The number of allylic oxidation sites excluding steroid dienone is 2. The predicted octanol–water partition coefficient (Wildman–Crippen LogP) is 7.40. The number of unbranched alkanes of at least 4 members (excludes halogenated alkanes) is 2. The van der Waals surface area contributed by atoms with Crippen LogP contribution in [-0.4, -0.2) is 11.9 Å². The molecule has 0 aliphatic rings. The van der Waals surface area contributed by atoms with Gasteiger partial charge in [-0.3, -0.25) is 9.59 Å². The third-order valence-electron chi connectivity index (χ3n) is 5.58. The molecule has 0 atom stereocenters. The Hall–Kier alpha value is -3.92. The van der Waals surface area contributed by atoms with E-state index in [1.165, 1.54) is 0 Å². The molecular formula is C30H28O4. The highest BCUT2D eigenvalue weighted by Crippen LogP contribution is 2.22. The van der Waals surface area contributed by atoms with E-state index in [1.54, 1.807) is 0 Å². The molecule has 0 aliphatic heterocycles. The van der Waals surface area contributed by atoms with E-state index in [2.05, 4.69) is 12.2 Å². The highest BCUT2D eigenvalue weighted by Gasteiger charge is 2.06. The largest absolute Gasteiger partial charge is 0.427 e. The second kappa shape index (κ2) is 11.8. The summed E-state index contributed by atoms with van der Waals surface area (Å²) < 4.78 is 10.9. The molecule has 4 heteroatoms. The molecule has 0 heterocycles. The standard InChI is InChI=1S/C30H28O4/c31-29(33-27-19-17-23-11-7-9-13-25(23)21-27)15-5-3-1-2-4-6-16-30(32)34-28-20-18-24-12-8-10-14-26(24)22-28/h1-2,7-14,17-22H,3-6,15-16H2/b2-1+. The van der Waals surface area contributed by atoms with E-state index in [-0.39, 0.29) is 11.9 Å². The molecule has 0 saturated heterocycles. The maximum atomic E-state index is 12.1. The Morgan fingerprint density at radius 2 is 0.971 bits per heavy atom. The predicted molar refractivity (Wildman–Crippen MR) is 136 cm³/mol. The van der Waals surface area contributed by atoms with Crippen LogP contribution in [0.1, 0.15) is 38.5 Å². The number of hydrogen-bond donors (Lipinski definition) is 0. The minimum absolute atomic E-state index is 0.222. The maximum absolute atomic E-state index is 12.1. The van der Waals surface area contributed by atoms with Crippen molar-refractivity contribution in [3.05, 3.63) is 97.1 Å². The number of fused-ring (bicyclic) bond motifs is 2. The van der Waals surface area contributed by atoms with Gasteiger partial charge in [-0.1, -0.05) is 72.8 Å². The molecule has 34 heavy (non-hydrogen) atoms. The summed E-state index contributed by atoms with van der Waals surface area (Å²) in [6, 6.07) is 27.3. The Morgan fingerprint density at radius 1 is 0.559 bits per heavy atom. The average Bonchev–Trinajstić information content (AvgIpc) is 2.85. The zero-order valence-electron chi connectivity index (χ0n) is 19.1. The second-order valence-electron chi connectivity index (χ2n) is 8.22. The second-order valence-corrected chi connectivity index (χ2v) is 8.22. The zero-order valence-corrected chi connectivity index (χ0v) is 19.1. The van der Waals surface area contributed by atoms with Crippen LogP contribution in [0.2, 0.25) is 0 Å². The summed E-state index contributed by atoms with van der Waals surface area (Å²) in [5, 5.41) is 4.34. The summed E-state index contributed by atoms with van der Waals surface area (Å²) in [5.74, 6) is 0.713. The van der Waals surface area contributed by atoms with Gasteiger partial charge in [0.1, 0.15) is 11.5 Å². The fourth-order valence-corrected chi connectivity index (χ4v) is 3.79. The lowest BCUT2D eigenvalue weighted by Crippen LogP contribution is -2.07. The van der Waals surface area contributed by atoms with Gasteiger partial charge in [0.25, 0.3) is 0 Å². The Balaban J connectivity index is 1.09. The molecule has 172 valence electrons. The molecule has 0 N–H and O–H groups in total. The number of hydrogen-bond acceptors (Lipinski definition) is 4. The average molecular weight is 453 g/mol. The normalized spacial score (nSPS) is 11.2. The van der Waals surface area contributed by atoms with Crippen LogP contribution < -0.4 is 9.47 Å². The van der Waals surface area contributed by atoms with E-state index in [1.807, 2.05) is 84.9 Å². The molecule has 4 aromatic rings. The molecule has 0 amide bonds. The quantitative estimate of drug-likeness (QED) is 0.109. The van der Waals surface area contributed by atoms with E-state index in [9.17, 15) is 9.59 Å². The van der Waals surface area contributed by atoms with Crippen LogP contribution >= 0.6 is 0 Å². The minimum Gasteiger partial charge on any atom is -0.427 e. The van der Waals surface area contributed by atoms with Gasteiger partial charge in [0.15, 0.2) is 0 Å². The van der Waals surface area contributed by atoms with Crippen molar-refractivity contribution in [1.82, 2.24) is 0 Å². The molecule has 0 bridgehead atoms. The van der Waals surface area contributed by atoms with E-state index in [4.69, 9.17) is 9.47 Å². The molecule has 0 spiro atoms. The van der Waals surface area contributed by atoms with Crippen LogP contribution in [0.25, 0.3) is 21.5 Å². The Bertz CT molecular complexity index is 1200. The first-order chi connectivity index (χ1) is 16.7. The minimum atomic E-state index is -0.222. The van der Waals surface area contributed by atoms with Crippen molar-refractivity contribution < 1.29 is 19.1 Å². The van der Waals surface area contributed by atoms with Crippen molar-refractivity contribution in [2.24, 2.45) is 0 Å². The van der Waals surface area contributed by atoms with E-state index in [0.717, 1.165) is 47.2 Å². The first kappa shape index (κ1) is 23.2. The molecule has 4 nitrogen and oxygen atoms in total. The first-order valence-corrected chi connectivity index (χ1v) is 11.7. The number of carbonyl (C=O) groups excluding carboxylic acids is 2. The van der Waals surface area contributed by atoms with Crippen molar-refractivity contribution in [3.63, 3.8) is 0 Å². The SMILES string of the molecule is O=C(CCC/C=C/CCCC(=O)Oc1ccc2ccccc2c1)Oc1ccc2ccccc2c1. The lowest BCUT2D eigenvalue weighted by Gasteiger charge is -2.05. The molecule has 0 fully saturated rings. The fraction of sp³-hybridized carbons (Fsp3) is 0.200. The van der Waals surface area contributed by atoms with Gasteiger partial charge in [-0.25, -0.2) is 0 Å². The van der Waals surface area contributed by atoms with Crippen molar-refractivity contribution in [2.75, 3.05) is 0 Å². The van der Waals surface area contributed by atoms with Crippen molar-refractivity contribution in [1.29, 1.82) is 0 Å².